The summed E-state index contributed by atoms with van der Waals surface area (Å²) in [6, 6.07) is 4.62. The van der Waals surface area contributed by atoms with Crippen LogP contribution < -0.4 is 5.32 Å². The lowest BCUT2D eigenvalue weighted by Crippen LogP contribution is -2.35. The van der Waals surface area contributed by atoms with E-state index in [0.717, 1.165) is 5.56 Å². The fourth-order valence-electron chi connectivity index (χ4n) is 1.73. The van der Waals surface area contributed by atoms with Crippen molar-refractivity contribution in [3.63, 3.8) is 0 Å². The van der Waals surface area contributed by atoms with Crippen LogP contribution in [0.2, 0.25) is 0 Å². The van der Waals surface area contributed by atoms with E-state index in [9.17, 15) is 14.0 Å². The lowest BCUT2D eigenvalue weighted by Gasteiger charge is -2.13. The van der Waals surface area contributed by atoms with Crippen LogP contribution in [0.5, 0.6) is 0 Å². The molecule has 0 aromatic heterocycles. The van der Waals surface area contributed by atoms with Gasteiger partial charge in [-0.15, -0.1) is 0 Å². The number of benzene rings is 1. The summed E-state index contributed by atoms with van der Waals surface area (Å²) in [6.07, 6.45) is 0.376. The molecule has 0 saturated heterocycles. The molecule has 19 heavy (non-hydrogen) atoms. The SMILES string of the molecule is CCC(C(=O)NCc1ccc(F)c(C)c1)C(=O)OC. The Morgan fingerprint density at radius 2 is 2.11 bits per heavy atom. The summed E-state index contributed by atoms with van der Waals surface area (Å²) in [5.41, 5.74) is 1.30. The molecular weight excluding hydrogens is 249 g/mol. The maximum atomic E-state index is 13.1. The van der Waals surface area contributed by atoms with Gasteiger partial charge >= 0.3 is 5.97 Å². The highest BCUT2D eigenvalue weighted by molar-refractivity contribution is 5.97. The van der Waals surface area contributed by atoms with Crippen LogP contribution in [0.25, 0.3) is 0 Å². The Labute approximate surface area is 112 Å². The highest BCUT2D eigenvalue weighted by atomic mass is 19.1. The van der Waals surface area contributed by atoms with Gasteiger partial charge in [0.2, 0.25) is 5.91 Å². The van der Waals surface area contributed by atoms with Crippen molar-refractivity contribution in [2.75, 3.05) is 7.11 Å². The number of carbonyl (C=O) groups excluding carboxylic acids is 2. The van der Waals surface area contributed by atoms with Crippen molar-refractivity contribution in [2.45, 2.75) is 26.8 Å². The first-order valence-corrected chi connectivity index (χ1v) is 6.10. The van der Waals surface area contributed by atoms with Gasteiger partial charge in [-0.1, -0.05) is 19.1 Å². The summed E-state index contributed by atoms with van der Waals surface area (Å²) in [5, 5.41) is 2.65. The number of amides is 1. The van der Waals surface area contributed by atoms with E-state index in [2.05, 4.69) is 10.1 Å². The van der Waals surface area contributed by atoms with Gasteiger partial charge in [-0.2, -0.15) is 0 Å². The van der Waals surface area contributed by atoms with Crippen molar-refractivity contribution in [1.82, 2.24) is 5.32 Å². The quantitative estimate of drug-likeness (QED) is 0.655. The summed E-state index contributed by atoms with van der Waals surface area (Å²) in [4.78, 5) is 23.2. The van der Waals surface area contributed by atoms with Crippen LogP contribution in [0.15, 0.2) is 18.2 Å². The van der Waals surface area contributed by atoms with Crippen LogP contribution in [0.4, 0.5) is 4.39 Å². The Morgan fingerprint density at radius 3 is 2.63 bits per heavy atom. The number of ether oxygens (including phenoxy) is 1. The fourth-order valence-corrected chi connectivity index (χ4v) is 1.73. The number of methoxy groups -OCH3 is 1. The molecule has 1 atom stereocenters. The average molecular weight is 267 g/mol. The second-order valence-electron chi connectivity index (χ2n) is 4.29. The van der Waals surface area contributed by atoms with Gasteiger partial charge in [-0.05, 0) is 30.5 Å². The second kappa shape index (κ2) is 6.87. The summed E-state index contributed by atoms with van der Waals surface area (Å²) in [5.74, 6) is -2.01. The Kier molecular flexibility index (Phi) is 5.48. The van der Waals surface area contributed by atoms with Gasteiger partial charge in [0.05, 0.1) is 7.11 Å². The summed E-state index contributed by atoms with van der Waals surface area (Å²) < 4.78 is 17.6. The molecule has 0 aliphatic heterocycles. The monoisotopic (exact) mass is 267 g/mol. The largest absolute Gasteiger partial charge is 0.468 e. The van der Waals surface area contributed by atoms with Crippen molar-refractivity contribution in [3.05, 3.63) is 35.1 Å². The van der Waals surface area contributed by atoms with E-state index in [-0.39, 0.29) is 18.3 Å². The van der Waals surface area contributed by atoms with Crippen molar-refractivity contribution in [1.29, 1.82) is 0 Å². The van der Waals surface area contributed by atoms with Gasteiger partial charge in [0.1, 0.15) is 11.7 Å². The molecular formula is C14H18FNO3. The van der Waals surface area contributed by atoms with Crippen molar-refractivity contribution in [2.24, 2.45) is 5.92 Å². The van der Waals surface area contributed by atoms with Crippen molar-refractivity contribution >= 4 is 11.9 Å². The molecule has 0 bridgehead atoms. The molecule has 5 heteroatoms. The zero-order valence-electron chi connectivity index (χ0n) is 11.3. The number of esters is 1. The number of rotatable bonds is 5. The first-order valence-electron chi connectivity index (χ1n) is 6.10. The van der Waals surface area contributed by atoms with Gasteiger partial charge in [-0.25, -0.2) is 4.39 Å². The third kappa shape index (κ3) is 4.05. The fraction of sp³-hybridized carbons (Fsp3) is 0.429. The highest BCUT2D eigenvalue weighted by Gasteiger charge is 2.25. The highest BCUT2D eigenvalue weighted by Crippen LogP contribution is 2.10. The maximum absolute atomic E-state index is 13.1. The Balaban J connectivity index is 2.62. The number of hydrogen-bond acceptors (Lipinski definition) is 3. The molecule has 0 radical (unpaired) electrons. The number of nitrogens with one attached hydrogen (secondary N) is 1. The summed E-state index contributed by atoms with van der Waals surface area (Å²) in [7, 11) is 1.25. The third-order valence-corrected chi connectivity index (χ3v) is 2.90. The van der Waals surface area contributed by atoms with Crippen LogP contribution in [0.1, 0.15) is 24.5 Å². The molecule has 0 saturated carbocycles. The number of hydrogen-bond donors (Lipinski definition) is 1. The minimum atomic E-state index is -0.799. The molecule has 0 spiro atoms. The molecule has 104 valence electrons. The van der Waals surface area contributed by atoms with Crippen LogP contribution in [-0.2, 0) is 20.9 Å². The van der Waals surface area contributed by atoms with Gasteiger partial charge < -0.3 is 10.1 Å². The number of carbonyl (C=O) groups is 2. The van der Waals surface area contributed by atoms with E-state index in [1.165, 1.54) is 13.2 Å². The Bertz CT molecular complexity index is 474. The lowest BCUT2D eigenvalue weighted by atomic mass is 10.1. The summed E-state index contributed by atoms with van der Waals surface area (Å²) in [6.45, 7) is 3.65. The van der Waals surface area contributed by atoms with Gasteiger partial charge in [0.15, 0.2) is 0 Å². The lowest BCUT2D eigenvalue weighted by molar-refractivity contribution is -0.150. The molecule has 0 fully saturated rings. The maximum Gasteiger partial charge on any atom is 0.318 e. The first-order chi connectivity index (χ1) is 8.99. The summed E-state index contributed by atoms with van der Waals surface area (Å²) >= 11 is 0. The predicted octanol–water partition coefficient (Wildman–Crippen LogP) is 1.95. The van der Waals surface area contributed by atoms with Crippen LogP contribution >= 0.6 is 0 Å². The van der Waals surface area contributed by atoms with Crippen molar-refractivity contribution in [3.8, 4) is 0 Å². The normalized spacial score (nSPS) is 11.8. The van der Waals surface area contributed by atoms with E-state index in [1.807, 2.05) is 0 Å². The van der Waals surface area contributed by atoms with E-state index < -0.39 is 11.9 Å². The van der Waals surface area contributed by atoms with E-state index >= 15 is 0 Å². The van der Waals surface area contributed by atoms with Gasteiger partial charge in [0.25, 0.3) is 0 Å². The van der Waals surface area contributed by atoms with Crippen LogP contribution in [-0.4, -0.2) is 19.0 Å². The van der Waals surface area contributed by atoms with E-state index in [0.29, 0.717) is 12.0 Å². The van der Waals surface area contributed by atoms with E-state index in [1.54, 1.807) is 26.0 Å². The molecule has 0 heterocycles. The third-order valence-electron chi connectivity index (χ3n) is 2.90. The number of aryl methyl sites for hydroxylation is 1. The molecule has 1 aromatic rings. The molecule has 1 N–H and O–H groups in total. The molecule has 0 aliphatic carbocycles. The zero-order chi connectivity index (χ0) is 14.4. The van der Waals surface area contributed by atoms with E-state index in [4.69, 9.17) is 0 Å². The van der Waals surface area contributed by atoms with Gasteiger partial charge in [0, 0.05) is 6.54 Å². The Hall–Kier alpha value is -1.91. The molecule has 0 aliphatic rings. The minimum Gasteiger partial charge on any atom is -0.468 e. The molecule has 1 amide bonds. The smallest absolute Gasteiger partial charge is 0.318 e. The van der Waals surface area contributed by atoms with Crippen LogP contribution in [0.3, 0.4) is 0 Å². The average Bonchev–Trinajstić information content (AvgIpc) is 2.40. The second-order valence-corrected chi connectivity index (χ2v) is 4.29. The molecule has 4 nitrogen and oxygen atoms in total. The standard InChI is InChI=1S/C14H18FNO3/c1-4-11(14(18)19-3)13(17)16-8-10-5-6-12(15)9(2)7-10/h5-7,11H,4,8H2,1-3H3,(H,16,17). The first kappa shape index (κ1) is 15.1. The predicted molar refractivity (Wildman–Crippen MR) is 68.8 cm³/mol. The minimum absolute atomic E-state index is 0.257. The molecule has 1 unspecified atom stereocenters. The van der Waals surface area contributed by atoms with Crippen molar-refractivity contribution < 1.29 is 18.7 Å². The Morgan fingerprint density at radius 1 is 1.42 bits per heavy atom. The topological polar surface area (TPSA) is 55.4 Å². The zero-order valence-corrected chi connectivity index (χ0v) is 11.3. The van der Waals surface area contributed by atoms with Gasteiger partial charge in [-0.3, -0.25) is 9.59 Å². The van der Waals surface area contributed by atoms with Crippen LogP contribution in [0, 0.1) is 18.7 Å². The number of halogens is 1. The molecule has 1 aromatic carbocycles. The molecule has 1 rings (SSSR count).